The first-order valence-corrected chi connectivity index (χ1v) is 8.07. The molecule has 6 nitrogen and oxygen atoms in total. The summed E-state index contributed by atoms with van der Waals surface area (Å²) < 4.78 is 0. The molecule has 0 aliphatic heterocycles. The number of hydrogen-bond donors (Lipinski definition) is 2. The van der Waals surface area contributed by atoms with Crippen LogP contribution in [0.5, 0.6) is 0 Å². The average Bonchev–Trinajstić information content (AvgIpc) is 3.40. The number of anilines is 2. The lowest BCUT2D eigenvalue weighted by Crippen LogP contribution is -2.17. The number of nitrogens with zero attached hydrogens (tertiary/aromatic N) is 2. The van der Waals surface area contributed by atoms with Crippen molar-refractivity contribution in [3.05, 3.63) is 47.9 Å². The molecule has 2 aromatic heterocycles. The van der Waals surface area contributed by atoms with Gasteiger partial charge in [-0.15, -0.1) is 0 Å². The van der Waals surface area contributed by atoms with Crippen LogP contribution in [0.3, 0.4) is 0 Å². The second-order valence-corrected chi connectivity index (χ2v) is 6.27. The molecule has 0 unspecified atom stereocenters. The second-order valence-electron chi connectivity index (χ2n) is 6.27. The molecule has 1 fully saturated rings. The van der Waals surface area contributed by atoms with Gasteiger partial charge in [0.15, 0.2) is 0 Å². The summed E-state index contributed by atoms with van der Waals surface area (Å²) in [5.41, 5.74) is 2.15. The third-order valence-corrected chi connectivity index (χ3v) is 3.95. The third kappa shape index (κ3) is 3.76. The molecule has 0 atom stereocenters. The highest BCUT2D eigenvalue weighted by Gasteiger charge is 2.29. The van der Waals surface area contributed by atoms with Gasteiger partial charge in [-0.25, -0.2) is 4.98 Å². The highest BCUT2D eigenvalue weighted by Crippen LogP contribution is 2.30. The van der Waals surface area contributed by atoms with Gasteiger partial charge in [0.1, 0.15) is 5.82 Å². The third-order valence-electron chi connectivity index (χ3n) is 3.95. The zero-order valence-electron chi connectivity index (χ0n) is 13.7. The van der Waals surface area contributed by atoms with Gasteiger partial charge in [-0.3, -0.25) is 14.6 Å². The molecule has 2 amide bonds. The summed E-state index contributed by atoms with van der Waals surface area (Å²) in [6.45, 7) is 4.12. The summed E-state index contributed by atoms with van der Waals surface area (Å²) in [7, 11) is 0. The maximum Gasteiger partial charge on any atom is 0.255 e. The smallest absolute Gasteiger partial charge is 0.255 e. The Morgan fingerprint density at radius 2 is 1.96 bits per heavy atom. The molecule has 0 aromatic carbocycles. The predicted octanol–water partition coefficient (Wildman–Crippen LogP) is 3.20. The minimum Gasteiger partial charge on any atom is -0.320 e. The molecule has 6 heteroatoms. The van der Waals surface area contributed by atoms with Crippen LogP contribution in [0.4, 0.5) is 11.5 Å². The van der Waals surface area contributed by atoms with E-state index in [1.165, 1.54) is 6.20 Å². The fourth-order valence-corrected chi connectivity index (χ4v) is 2.42. The summed E-state index contributed by atoms with van der Waals surface area (Å²) in [4.78, 5) is 32.5. The van der Waals surface area contributed by atoms with Gasteiger partial charge in [0.2, 0.25) is 5.91 Å². The zero-order chi connectivity index (χ0) is 17.1. The maximum atomic E-state index is 12.5. The highest BCUT2D eigenvalue weighted by molar-refractivity contribution is 6.05. The van der Waals surface area contributed by atoms with E-state index in [9.17, 15) is 9.59 Å². The van der Waals surface area contributed by atoms with E-state index >= 15 is 0 Å². The molecule has 1 saturated carbocycles. The molecule has 0 bridgehead atoms. The van der Waals surface area contributed by atoms with E-state index in [1.54, 1.807) is 24.5 Å². The summed E-state index contributed by atoms with van der Waals surface area (Å²) in [5, 5.41) is 5.63. The van der Waals surface area contributed by atoms with Crippen LogP contribution < -0.4 is 10.6 Å². The van der Waals surface area contributed by atoms with Crippen LogP contribution in [-0.4, -0.2) is 21.8 Å². The van der Waals surface area contributed by atoms with Gasteiger partial charge >= 0.3 is 0 Å². The minimum absolute atomic E-state index is 0.0330. The molecule has 0 spiro atoms. The van der Waals surface area contributed by atoms with Gasteiger partial charge in [-0.1, -0.05) is 13.8 Å². The number of amides is 2. The largest absolute Gasteiger partial charge is 0.320 e. The Labute approximate surface area is 140 Å². The van der Waals surface area contributed by atoms with Gasteiger partial charge in [0.25, 0.3) is 5.91 Å². The first-order chi connectivity index (χ1) is 11.5. The molecule has 24 heavy (non-hydrogen) atoms. The lowest BCUT2D eigenvalue weighted by atomic mass is 10.0. The van der Waals surface area contributed by atoms with E-state index in [0.717, 1.165) is 18.4 Å². The van der Waals surface area contributed by atoms with Crippen molar-refractivity contribution in [3.8, 4) is 0 Å². The van der Waals surface area contributed by atoms with Crippen LogP contribution in [-0.2, 0) is 4.79 Å². The van der Waals surface area contributed by atoms with Gasteiger partial charge in [0, 0.05) is 23.9 Å². The van der Waals surface area contributed by atoms with Crippen LogP contribution in [0.2, 0.25) is 0 Å². The van der Waals surface area contributed by atoms with Crippen molar-refractivity contribution in [1.29, 1.82) is 0 Å². The number of carbonyl (C=O) groups excluding carboxylic acids is 2. The number of carbonyl (C=O) groups is 2. The number of rotatable bonds is 5. The Morgan fingerprint density at radius 3 is 2.67 bits per heavy atom. The zero-order valence-corrected chi connectivity index (χ0v) is 13.7. The second kappa shape index (κ2) is 6.78. The molecular formula is C18H20N4O2. The fourth-order valence-electron chi connectivity index (χ4n) is 2.42. The molecule has 2 N–H and O–H groups in total. The topological polar surface area (TPSA) is 84.0 Å². The van der Waals surface area contributed by atoms with Crippen LogP contribution in [0, 0.1) is 5.92 Å². The molecule has 2 aromatic rings. The molecule has 124 valence electrons. The van der Waals surface area contributed by atoms with E-state index < -0.39 is 0 Å². The normalized spacial score (nSPS) is 13.6. The predicted molar refractivity (Wildman–Crippen MR) is 91.9 cm³/mol. The summed E-state index contributed by atoms with van der Waals surface area (Å²) in [5.74, 6) is 0.473. The molecule has 3 rings (SSSR count). The summed E-state index contributed by atoms with van der Waals surface area (Å²) in [6, 6.07) is 5.10. The van der Waals surface area contributed by atoms with Crippen molar-refractivity contribution >= 4 is 23.3 Å². The lowest BCUT2D eigenvalue weighted by Gasteiger charge is -2.13. The number of pyridine rings is 2. The molecule has 0 radical (unpaired) electrons. The molecule has 1 aliphatic carbocycles. The van der Waals surface area contributed by atoms with E-state index in [2.05, 4.69) is 34.4 Å². The highest BCUT2D eigenvalue weighted by atomic mass is 16.2. The SMILES string of the molecule is CC(C)c1ccncc1NC(=O)c1ccnc(NC(=O)C2CC2)c1. The Kier molecular flexibility index (Phi) is 4.55. The van der Waals surface area contributed by atoms with Crippen molar-refractivity contribution in [2.45, 2.75) is 32.6 Å². The van der Waals surface area contributed by atoms with Gasteiger partial charge < -0.3 is 10.6 Å². The van der Waals surface area contributed by atoms with E-state index in [4.69, 9.17) is 0 Å². The first-order valence-electron chi connectivity index (χ1n) is 8.07. The Balaban J connectivity index is 1.74. The summed E-state index contributed by atoms with van der Waals surface area (Å²) >= 11 is 0. The van der Waals surface area contributed by atoms with Crippen molar-refractivity contribution in [2.75, 3.05) is 10.6 Å². The van der Waals surface area contributed by atoms with Crippen LogP contribution in [0.25, 0.3) is 0 Å². The quantitative estimate of drug-likeness (QED) is 0.884. The van der Waals surface area contributed by atoms with Crippen LogP contribution >= 0.6 is 0 Å². The van der Waals surface area contributed by atoms with Crippen LogP contribution in [0.1, 0.15) is 48.5 Å². The lowest BCUT2D eigenvalue weighted by molar-refractivity contribution is -0.117. The van der Waals surface area contributed by atoms with Crippen molar-refractivity contribution in [1.82, 2.24) is 9.97 Å². The minimum atomic E-state index is -0.255. The summed E-state index contributed by atoms with van der Waals surface area (Å²) in [6.07, 6.45) is 6.72. The monoisotopic (exact) mass is 324 g/mol. The Hall–Kier alpha value is -2.76. The number of hydrogen-bond acceptors (Lipinski definition) is 4. The van der Waals surface area contributed by atoms with Gasteiger partial charge in [0.05, 0.1) is 11.9 Å². The molecular weight excluding hydrogens is 304 g/mol. The van der Waals surface area contributed by atoms with Gasteiger partial charge in [-0.2, -0.15) is 0 Å². The fraction of sp³-hybridized carbons (Fsp3) is 0.333. The van der Waals surface area contributed by atoms with Crippen LogP contribution in [0.15, 0.2) is 36.8 Å². The maximum absolute atomic E-state index is 12.5. The molecule has 0 saturated heterocycles. The van der Waals surface area contributed by atoms with E-state index in [0.29, 0.717) is 17.1 Å². The first kappa shape index (κ1) is 16.1. The average molecular weight is 324 g/mol. The van der Waals surface area contributed by atoms with Crippen molar-refractivity contribution < 1.29 is 9.59 Å². The molecule has 1 aliphatic rings. The van der Waals surface area contributed by atoms with Crippen molar-refractivity contribution in [2.24, 2.45) is 5.92 Å². The number of nitrogens with one attached hydrogen (secondary N) is 2. The Morgan fingerprint density at radius 1 is 1.17 bits per heavy atom. The van der Waals surface area contributed by atoms with Gasteiger partial charge in [-0.05, 0) is 42.5 Å². The number of aromatic nitrogens is 2. The van der Waals surface area contributed by atoms with E-state index in [-0.39, 0.29) is 23.7 Å². The van der Waals surface area contributed by atoms with E-state index in [1.807, 2.05) is 6.07 Å². The standard InChI is InChI=1S/C18H20N4O2/c1-11(2)14-6-7-19-10-15(14)21-18(24)13-5-8-20-16(9-13)22-17(23)12-3-4-12/h5-12H,3-4H2,1-2H3,(H,21,24)(H,20,22,23). The molecule has 2 heterocycles. The van der Waals surface area contributed by atoms with Crippen molar-refractivity contribution in [3.63, 3.8) is 0 Å². The Bertz CT molecular complexity index is 769.